The Morgan fingerprint density at radius 2 is 2.00 bits per heavy atom. The summed E-state index contributed by atoms with van der Waals surface area (Å²) in [4.78, 5) is 15.3. The second kappa shape index (κ2) is 6.85. The standard InChI is InChI=1S/C15H21F2N3O/c1-19(2)15(21)10-20-7-5-12(6-8-20)18-14-4-3-11(16)9-13(14)17/h3-4,9,12,18H,5-8,10H2,1-2H3. The van der Waals surface area contributed by atoms with E-state index in [0.29, 0.717) is 12.2 Å². The average molecular weight is 297 g/mol. The molecule has 0 aliphatic carbocycles. The zero-order chi connectivity index (χ0) is 15.4. The summed E-state index contributed by atoms with van der Waals surface area (Å²) in [7, 11) is 3.49. The van der Waals surface area contributed by atoms with Crippen LogP contribution in [0.4, 0.5) is 14.5 Å². The number of halogens is 2. The third-order valence-electron chi connectivity index (χ3n) is 3.74. The maximum atomic E-state index is 13.6. The van der Waals surface area contributed by atoms with Crippen LogP contribution in [0.25, 0.3) is 0 Å². The van der Waals surface area contributed by atoms with Crippen molar-refractivity contribution in [2.75, 3.05) is 39.0 Å². The van der Waals surface area contributed by atoms with Crippen LogP contribution in [0.2, 0.25) is 0 Å². The number of hydrogen-bond donors (Lipinski definition) is 1. The van der Waals surface area contributed by atoms with E-state index in [0.717, 1.165) is 32.0 Å². The number of benzene rings is 1. The van der Waals surface area contributed by atoms with E-state index in [4.69, 9.17) is 0 Å². The molecule has 1 heterocycles. The van der Waals surface area contributed by atoms with Gasteiger partial charge >= 0.3 is 0 Å². The van der Waals surface area contributed by atoms with E-state index >= 15 is 0 Å². The lowest BCUT2D eigenvalue weighted by molar-refractivity contribution is -0.130. The number of rotatable bonds is 4. The maximum Gasteiger partial charge on any atom is 0.236 e. The fraction of sp³-hybridized carbons (Fsp3) is 0.533. The van der Waals surface area contributed by atoms with E-state index in [-0.39, 0.29) is 11.9 Å². The predicted octanol–water partition coefficient (Wildman–Crippen LogP) is 1.93. The number of piperidine rings is 1. The maximum absolute atomic E-state index is 13.6. The summed E-state index contributed by atoms with van der Waals surface area (Å²) in [6, 6.07) is 3.70. The third-order valence-corrected chi connectivity index (χ3v) is 3.74. The molecule has 6 heteroatoms. The number of likely N-dealkylation sites (N-methyl/N-ethyl adjacent to an activating group) is 1. The molecule has 1 aromatic carbocycles. The Balaban J connectivity index is 1.83. The molecule has 116 valence electrons. The van der Waals surface area contributed by atoms with E-state index in [1.165, 1.54) is 12.1 Å². The number of nitrogens with zero attached hydrogens (tertiary/aromatic N) is 2. The van der Waals surface area contributed by atoms with Crippen molar-refractivity contribution in [3.05, 3.63) is 29.8 Å². The zero-order valence-electron chi connectivity index (χ0n) is 12.4. The first-order chi connectivity index (χ1) is 9.95. The van der Waals surface area contributed by atoms with Gasteiger partial charge in [-0.3, -0.25) is 9.69 Å². The zero-order valence-corrected chi connectivity index (χ0v) is 12.4. The Labute approximate surface area is 123 Å². The molecule has 1 N–H and O–H groups in total. The average Bonchev–Trinajstić information content (AvgIpc) is 2.43. The highest BCUT2D eigenvalue weighted by molar-refractivity contribution is 5.77. The van der Waals surface area contributed by atoms with Gasteiger partial charge in [-0.15, -0.1) is 0 Å². The lowest BCUT2D eigenvalue weighted by atomic mass is 10.0. The van der Waals surface area contributed by atoms with Gasteiger partial charge in [0.05, 0.1) is 12.2 Å². The van der Waals surface area contributed by atoms with Crippen molar-refractivity contribution in [2.24, 2.45) is 0 Å². The topological polar surface area (TPSA) is 35.6 Å². The van der Waals surface area contributed by atoms with E-state index in [1.807, 2.05) is 0 Å². The number of carbonyl (C=O) groups excluding carboxylic acids is 1. The van der Waals surface area contributed by atoms with E-state index in [9.17, 15) is 13.6 Å². The van der Waals surface area contributed by atoms with Crippen LogP contribution in [-0.2, 0) is 4.79 Å². The van der Waals surface area contributed by atoms with Crippen molar-refractivity contribution in [1.82, 2.24) is 9.80 Å². The minimum absolute atomic E-state index is 0.0889. The van der Waals surface area contributed by atoms with E-state index < -0.39 is 11.6 Å². The number of amides is 1. The molecule has 21 heavy (non-hydrogen) atoms. The Morgan fingerprint density at radius 3 is 2.57 bits per heavy atom. The highest BCUT2D eigenvalue weighted by Gasteiger charge is 2.21. The first-order valence-corrected chi connectivity index (χ1v) is 7.10. The van der Waals surface area contributed by atoms with Gasteiger partial charge in [-0.25, -0.2) is 8.78 Å². The largest absolute Gasteiger partial charge is 0.380 e. The summed E-state index contributed by atoms with van der Waals surface area (Å²) in [6.07, 6.45) is 1.66. The summed E-state index contributed by atoms with van der Waals surface area (Å²) in [5.41, 5.74) is 0.333. The minimum Gasteiger partial charge on any atom is -0.380 e. The number of likely N-dealkylation sites (tertiary alicyclic amines) is 1. The van der Waals surface area contributed by atoms with Crippen LogP contribution >= 0.6 is 0 Å². The predicted molar refractivity (Wildman–Crippen MR) is 78.1 cm³/mol. The third kappa shape index (κ3) is 4.39. The van der Waals surface area contributed by atoms with Crippen LogP contribution in [0, 0.1) is 11.6 Å². The van der Waals surface area contributed by atoms with Gasteiger partial charge in [0.15, 0.2) is 0 Å². The van der Waals surface area contributed by atoms with Crippen LogP contribution in [0.1, 0.15) is 12.8 Å². The molecule has 1 aliphatic rings. The summed E-state index contributed by atoms with van der Waals surface area (Å²) < 4.78 is 26.4. The molecule has 0 radical (unpaired) electrons. The molecule has 0 spiro atoms. The first-order valence-electron chi connectivity index (χ1n) is 7.10. The Hall–Kier alpha value is -1.69. The fourth-order valence-electron chi connectivity index (χ4n) is 2.39. The molecular formula is C15H21F2N3O. The molecule has 1 aliphatic heterocycles. The van der Waals surface area contributed by atoms with Gasteiger partial charge < -0.3 is 10.2 Å². The van der Waals surface area contributed by atoms with Crippen LogP contribution in [0.3, 0.4) is 0 Å². The second-order valence-corrected chi connectivity index (χ2v) is 5.61. The SMILES string of the molecule is CN(C)C(=O)CN1CCC(Nc2ccc(F)cc2F)CC1. The van der Waals surface area contributed by atoms with Gasteiger partial charge in [0.2, 0.25) is 5.91 Å². The summed E-state index contributed by atoms with van der Waals surface area (Å²) in [6.45, 7) is 2.00. The van der Waals surface area contributed by atoms with E-state index in [1.54, 1.807) is 19.0 Å². The molecule has 2 rings (SSSR count). The van der Waals surface area contributed by atoms with Crippen LogP contribution < -0.4 is 5.32 Å². The normalized spacial score (nSPS) is 16.8. The Kier molecular flexibility index (Phi) is 5.12. The van der Waals surface area contributed by atoms with Gasteiger partial charge in [-0.1, -0.05) is 0 Å². The van der Waals surface area contributed by atoms with Gasteiger partial charge in [-0.05, 0) is 25.0 Å². The number of anilines is 1. The van der Waals surface area contributed by atoms with Crippen LogP contribution in [0.15, 0.2) is 18.2 Å². The summed E-state index contributed by atoms with van der Waals surface area (Å²) in [5.74, 6) is -1.05. The van der Waals surface area contributed by atoms with Crippen molar-refractivity contribution in [3.8, 4) is 0 Å². The summed E-state index contributed by atoms with van der Waals surface area (Å²) >= 11 is 0. The molecule has 0 atom stereocenters. The van der Waals surface area contributed by atoms with Crippen molar-refractivity contribution in [3.63, 3.8) is 0 Å². The number of hydrogen-bond acceptors (Lipinski definition) is 3. The number of carbonyl (C=O) groups is 1. The molecule has 1 saturated heterocycles. The molecule has 1 aromatic rings. The first kappa shape index (κ1) is 15.7. The number of nitrogens with one attached hydrogen (secondary N) is 1. The molecular weight excluding hydrogens is 276 g/mol. The molecule has 0 saturated carbocycles. The highest BCUT2D eigenvalue weighted by Crippen LogP contribution is 2.20. The van der Waals surface area contributed by atoms with Crippen molar-refractivity contribution < 1.29 is 13.6 Å². The molecule has 0 bridgehead atoms. The Morgan fingerprint density at radius 1 is 1.33 bits per heavy atom. The highest BCUT2D eigenvalue weighted by atomic mass is 19.1. The van der Waals surface area contributed by atoms with Crippen LogP contribution in [-0.4, -0.2) is 55.5 Å². The smallest absolute Gasteiger partial charge is 0.236 e. The molecule has 4 nitrogen and oxygen atoms in total. The lowest BCUT2D eigenvalue weighted by Gasteiger charge is -2.33. The van der Waals surface area contributed by atoms with Gasteiger partial charge in [0.25, 0.3) is 0 Å². The quantitative estimate of drug-likeness (QED) is 0.922. The van der Waals surface area contributed by atoms with Gasteiger partial charge in [0.1, 0.15) is 11.6 Å². The van der Waals surface area contributed by atoms with Crippen LogP contribution in [0.5, 0.6) is 0 Å². The fourth-order valence-corrected chi connectivity index (χ4v) is 2.39. The second-order valence-electron chi connectivity index (χ2n) is 5.61. The minimum atomic E-state index is -0.574. The lowest BCUT2D eigenvalue weighted by Crippen LogP contribution is -2.44. The molecule has 0 aromatic heterocycles. The van der Waals surface area contributed by atoms with Gasteiger partial charge in [-0.2, -0.15) is 0 Å². The van der Waals surface area contributed by atoms with Crippen molar-refractivity contribution in [2.45, 2.75) is 18.9 Å². The van der Waals surface area contributed by atoms with Crippen molar-refractivity contribution in [1.29, 1.82) is 0 Å². The molecule has 1 amide bonds. The van der Waals surface area contributed by atoms with Crippen molar-refractivity contribution >= 4 is 11.6 Å². The summed E-state index contributed by atoms with van der Waals surface area (Å²) in [5, 5.41) is 3.11. The molecule has 0 unspecified atom stereocenters. The van der Waals surface area contributed by atoms with Gasteiger partial charge in [0, 0.05) is 39.3 Å². The Bertz CT molecular complexity index is 500. The monoisotopic (exact) mass is 297 g/mol. The van der Waals surface area contributed by atoms with E-state index in [2.05, 4.69) is 10.2 Å². The molecule has 1 fully saturated rings.